The monoisotopic (exact) mass is 428 g/mol. The summed E-state index contributed by atoms with van der Waals surface area (Å²) < 4.78 is 8.84. The summed E-state index contributed by atoms with van der Waals surface area (Å²) in [5.41, 5.74) is 2.42. The number of rotatable bonds is 5. The van der Waals surface area contributed by atoms with Crippen molar-refractivity contribution >= 4 is 34.2 Å². The molecule has 1 amide bonds. The van der Waals surface area contributed by atoms with Crippen LogP contribution in [0.5, 0.6) is 5.75 Å². The van der Waals surface area contributed by atoms with Gasteiger partial charge in [-0.2, -0.15) is 0 Å². The highest BCUT2D eigenvalue weighted by Crippen LogP contribution is 2.31. The molecular formula is C22H25ClN4O3. The molecule has 0 atom stereocenters. The summed E-state index contributed by atoms with van der Waals surface area (Å²) >= 11 is 5.89. The van der Waals surface area contributed by atoms with E-state index in [1.807, 2.05) is 22.8 Å². The minimum Gasteiger partial charge on any atom is -0.497 e. The largest absolute Gasteiger partial charge is 0.497 e. The van der Waals surface area contributed by atoms with Gasteiger partial charge in [-0.05, 0) is 55.9 Å². The summed E-state index contributed by atoms with van der Waals surface area (Å²) in [5.74, 6) is 1.08. The lowest BCUT2D eigenvalue weighted by Crippen LogP contribution is -2.30. The third-order valence-corrected chi connectivity index (χ3v) is 6.21. The lowest BCUT2D eigenvalue weighted by atomic mass is 9.81. The van der Waals surface area contributed by atoms with Crippen LogP contribution < -0.4 is 15.7 Å². The number of aryl methyl sites for hydroxylation is 1. The number of carbonyl (C=O) groups excluding carboxylic acids is 1. The molecule has 1 fully saturated rings. The Hall–Kier alpha value is -2.80. The Balaban J connectivity index is 1.42. The molecule has 8 heteroatoms. The van der Waals surface area contributed by atoms with E-state index in [2.05, 4.69) is 10.3 Å². The molecule has 0 spiro atoms. The molecule has 2 aromatic heterocycles. The Bertz CT molecular complexity index is 1130. The van der Waals surface area contributed by atoms with Crippen molar-refractivity contribution in [3.05, 3.63) is 52.2 Å². The minimum atomic E-state index is -0.0301. The van der Waals surface area contributed by atoms with E-state index >= 15 is 0 Å². The summed E-state index contributed by atoms with van der Waals surface area (Å²) in [5, 5.41) is 3.29. The predicted molar refractivity (Wildman–Crippen MR) is 117 cm³/mol. The third-order valence-electron chi connectivity index (χ3n) is 6.00. The highest BCUT2D eigenvalue weighted by atomic mass is 35.5. The number of hydrogen-bond acceptors (Lipinski definition) is 4. The normalized spacial score (nSPS) is 19.0. The number of nitrogens with one attached hydrogen (secondary N) is 1. The second kappa shape index (κ2) is 8.52. The second-order valence-electron chi connectivity index (χ2n) is 7.88. The van der Waals surface area contributed by atoms with Crippen LogP contribution in [0.1, 0.15) is 25.7 Å². The SMILES string of the molecule is COc1ccc2c(c1)n(CC1CCC(C(=O)Nc3ccnc(Cl)c3)CC1)c(=O)n2C. The number of benzene rings is 1. The van der Waals surface area contributed by atoms with Crippen LogP contribution in [0.3, 0.4) is 0 Å². The number of methoxy groups -OCH3 is 1. The van der Waals surface area contributed by atoms with Crippen molar-refractivity contribution in [2.45, 2.75) is 32.2 Å². The molecule has 4 rings (SSSR count). The van der Waals surface area contributed by atoms with Gasteiger partial charge in [0.05, 0.1) is 18.1 Å². The molecule has 1 aliphatic rings. The summed E-state index contributed by atoms with van der Waals surface area (Å²) in [7, 11) is 3.42. The van der Waals surface area contributed by atoms with Gasteiger partial charge in [0, 0.05) is 37.5 Å². The fourth-order valence-corrected chi connectivity index (χ4v) is 4.46. The Morgan fingerprint density at radius 1 is 1.20 bits per heavy atom. The van der Waals surface area contributed by atoms with E-state index in [-0.39, 0.29) is 17.5 Å². The van der Waals surface area contributed by atoms with Crippen LogP contribution in [0.25, 0.3) is 11.0 Å². The van der Waals surface area contributed by atoms with Gasteiger partial charge in [0.2, 0.25) is 5.91 Å². The zero-order valence-corrected chi connectivity index (χ0v) is 17.9. The van der Waals surface area contributed by atoms with Gasteiger partial charge in [0.15, 0.2) is 0 Å². The molecule has 1 saturated carbocycles. The maximum atomic E-state index is 12.8. The van der Waals surface area contributed by atoms with Crippen LogP contribution in [0.2, 0.25) is 5.15 Å². The van der Waals surface area contributed by atoms with Crippen molar-refractivity contribution in [3.8, 4) is 5.75 Å². The third kappa shape index (κ3) is 4.07. The van der Waals surface area contributed by atoms with Crippen molar-refractivity contribution in [1.82, 2.24) is 14.1 Å². The number of fused-ring (bicyclic) bond motifs is 1. The molecule has 7 nitrogen and oxygen atoms in total. The Kier molecular flexibility index (Phi) is 5.81. The lowest BCUT2D eigenvalue weighted by Gasteiger charge is -2.28. The topological polar surface area (TPSA) is 78.2 Å². The zero-order chi connectivity index (χ0) is 21.3. The van der Waals surface area contributed by atoms with Gasteiger partial charge in [-0.15, -0.1) is 0 Å². The maximum Gasteiger partial charge on any atom is 0.328 e. The molecule has 2 heterocycles. The summed E-state index contributed by atoms with van der Waals surface area (Å²) in [6.45, 7) is 0.650. The summed E-state index contributed by atoms with van der Waals surface area (Å²) in [4.78, 5) is 29.3. The summed E-state index contributed by atoms with van der Waals surface area (Å²) in [6.07, 6.45) is 4.99. The standard InChI is InChI=1S/C22H25ClN4O3/c1-26-18-8-7-17(30-2)12-19(18)27(22(26)29)13-14-3-5-15(6-4-14)21(28)25-16-9-10-24-20(23)11-16/h7-12,14-15H,3-6,13H2,1-2H3,(H,24,25,28). The van der Waals surface area contributed by atoms with Crippen LogP contribution in [-0.2, 0) is 18.4 Å². The molecule has 1 aromatic carbocycles. The zero-order valence-electron chi connectivity index (χ0n) is 17.1. The van der Waals surface area contributed by atoms with Crippen molar-refractivity contribution in [1.29, 1.82) is 0 Å². The molecular weight excluding hydrogens is 404 g/mol. The molecule has 1 N–H and O–H groups in total. The van der Waals surface area contributed by atoms with Crippen molar-refractivity contribution in [2.75, 3.05) is 12.4 Å². The molecule has 0 aliphatic heterocycles. The van der Waals surface area contributed by atoms with E-state index in [4.69, 9.17) is 16.3 Å². The number of imidazole rings is 1. The number of nitrogens with zero attached hydrogens (tertiary/aromatic N) is 3. The fourth-order valence-electron chi connectivity index (χ4n) is 4.28. The molecule has 30 heavy (non-hydrogen) atoms. The Morgan fingerprint density at radius 2 is 1.97 bits per heavy atom. The average Bonchev–Trinajstić information content (AvgIpc) is 2.98. The highest BCUT2D eigenvalue weighted by molar-refractivity contribution is 6.29. The molecule has 3 aromatic rings. The van der Waals surface area contributed by atoms with Crippen LogP contribution in [0.15, 0.2) is 41.3 Å². The first-order valence-electron chi connectivity index (χ1n) is 10.1. The van der Waals surface area contributed by atoms with E-state index < -0.39 is 0 Å². The molecule has 1 aliphatic carbocycles. The number of anilines is 1. The minimum absolute atomic E-state index is 0.0165. The maximum absolute atomic E-state index is 12.8. The molecule has 0 saturated heterocycles. The van der Waals surface area contributed by atoms with E-state index in [9.17, 15) is 9.59 Å². The van der Waals surface area contributed by atoms with E-state index in [1.165, 1.54) is 0 Å². The predicted octanol–water partition coefficient (Wildman–Crippen LogP) is 3.84. The number of pyridine rings is 1. The van der Waals surface area contributed by atoms with Gasteiger partial charge in [-0.3, -0.25) is 13.9 Å². The number of ether oxygens (including phenoxy) is 1. The Labute approximate surface area is 179 Å². The number of hydrogen-bond donors (Lipinski definition) is 1. The fraction of sp³-hybridized carbons (Fsp3) is 0.409. The van der Waals surface area contributed by atoms with Gasteiger partial charge < -0.3 is 10.1 Å². The number of carbonyl (C=O) groups is 1. The van der Waals surface area contributed by atoms with Crippen LogP contribution in [0.4, 0.5) is 5.69 Å². The van der Waals surface area contributed by atoms with Crippen molar-refractivity contribution < 1.29 is 9.53 Å². The molecule has 0 unspecified atom stereocenters. The van der Waals surface area contributed by atoms with Gasteiger partial charge in [0.1, 0.15) is 10.9 Å². The van der Waals surface area contributed by atoms with Gasteiger partial charge >= 0.3 is 5.69 Å². The summed E-state index contributed by atoms with van der Waals surface area (Å²) in [6, 6.07) is 9.07. The molecule has 158 valence electrons. The van der Waals surface area contributed by atoms with Crippen LogP contribution >= 0.6 is 11.6 Å². The number of halogens is 1. The number of aromatic nitrogens is 3. The van der Waals surface area contributed by atoms with E-state index in [0.717, 1.165) is 42.5 Å². The van der Waals surface area contributed by atoms with Gasteiger partial charge in [0.25, 0.3) is 0 Å². The van der Waals surface area contributed by atoms with Crippen molar-refractivity contribution in [2.24, 2.45) is 18.9 Å². The molecule has 0 bridgehead atoms. The van der Waals surface area contributed by atoms with Gasteiger partial charge in [-0.25, -0.2) is 9.78 Å². The Morgan fingerprint density at radius 3 is 2.67 bits per heavy atom. The van der Waals surface area contributed by atoms with Crippen molar-refractivity contribution in [3.63, 3.8) is 0 Å². The van der Waals surface area contributed by atoms with Gasteiger partial charge in [-0.1, -0.05) is 11.6 Å². The van der Waals surface area contributed by atoms with E-state index in [1.54, 1.807) is 37.1 Å². The van der Waals surface area contributed by atoms with Crippen LogP contribution in [0, 0.1) is 11.8 Å². The first kappa shape index (κ1) is 20.5. The second-order valence-corrected chi connectivity index (χ2v) is 8.27. The smallest absolute Gasteiger partial charge is 0.328 e. The first-order chi connectivity index (χ1) is 14.5. The van der Waals surface area contributed by atoms with Crippen LogP contribution in [-0.4, -0.2) is 27.1 Å². The first-order valence-corrected chi connectivity index (χ1v) is 10.5. The quantitative estimate of drug-likeness (QED) is 0.626. The highest BCUT2D eigenvalue weighted by Gasteiger charge is 2.27. The van der Waals surface area contributed by atoms with E-state index in [0.29, 0.717) is 23.3 Å². The molecule has 0 radical (unpaired) electrons. The average molecular weight is 429 g/mol. The lowest BCUT2D eigenvalue weighted by molar-refractivity contribution is -0.121. The number of amides is 1.